The highest BCUT2D eigenvalue weighted by Gasteiger charge is 2.10. The highest BCUT2D eigenvalue weighted by atomic mass is 32.3. The lowest BCUT2D eigenvalue weighted by atomic mass is 10.1. The van der Waals surface area contributed by atoms with Gasteiger partial charge in [-0.05, 0) is 77.6 Å². The van der Waals surface area contributed by atoms with Crippen molar-refractivity contribution < 1.29 is 36.2 Å². The standard InChI is InChI=1S/C32H58O3.C4H11NO.C2H6O4S/c1-3-5-7-9-11-13-15-17-19-21-23-25-27-29-31(33)35-32(34)30-28-26-24-22-20-18-16-14-12-10-8-6-4-2;1-3-4(2,5)6;1-5-7(3,4)6-2/h13-16H,3-12,17-30H2,1-2H3;6H,3,5H2,1-2H3;1-2H3/b15-13-,16-14-;;. The molecule has 286 valence electrons. The van der Waals surface area contributed by atoms with Crippen molar-refractivity contribution in [1.82, 2.24) is 0 Å². The third-order valence-corrected chi connectivity index (χ3v) is 8.45. The summed E-state index contributed by atoms with van der Waals surface area (Å²) in [5.41, 5.74) is 4.13. The number of hydrogen-bond acceptors (Lipinski definition) is 9. The SMILES string of the molecule is CCC(C)(N)O.CCCCCC/C=C\CCCCCCCC(=O)OC(=O)CCCCCCC/C=C\CCCCCC.COS(=O)(=O)OC. The molecule has 0 bridgehead atoms. The van der Waals surface area contributed by atoms with Gasteiger partial charge in [0.25, 0.3) is 0 Å². The molecule has 1 atom stereocenters. The zero-order chi connectivity index (χ0) is 36.8. The number of carbonyl (C=O) groups is 2. The van der Waals surface area contributed by atoms with Gasteiger partial charge >= 0.3 is 22.3 Å². The highest BCUT2D eigenvalue weighted by molar-refractivity contribution is 7.81. The molecule has 0 aromatic heterocycles. The number of nitrogens with two attached hydrogens (primary N) is 1. The molecule has 1 unspecified atom stereocenters. The van der Waals surface area contributed by atoms with Gasteiger partial charge in [-0.3, -0.25) is 18.0 Å². The molecule has 0 aliphatic heterocycles. The number of aliphatic hydroxyl groups is 1. The first-order valence-corrected chi connectivity index (χ1v) is 20.1. The molecule has 0 radical (unpaired) electrons. The van der Waals surface area contributed by atoms with Crippen LogP contribution < -0.4 is 5.73 Å². The van der Waals surface area contributed by atoms with Crippen molar-refractivity contribution >= 4 is 22.3 Å². The molecule has 3 N–H and O–H groups in total. The van der Waals surface area contributed by atoms with Gasteiger partial charge in [-0.25, -0.2) is 0 Å². The average molecular weight is 706 g/mol. The van der Waals surface area contributed by atoms with Gasteiger partial charge in [0.1, 0.15) is 5.72 Å². The van der Waals surface area contributed by atoms with E-state index in [2.05, 4.69) is 46.5 Å². The van der Waals surface area contributed by atoms with E-state index in [-0.39, 0.29) is 11.9 Å². The maximum absolute atomic E-state index is 11.8. The number of carbonyl (C=O) groups excluding carboxylic acids is 2. The summed E-state index contributed by atoms with van der Waals surface area (Å²) in [6.07, 6.45) is 37.0. The molecule has 9 nitrogen and oxygen atoms in total. The predicted molar refractivity (Wildman–Crippen MR) is 200 cm³/mol. The number of unbranched alkanes of at least 4 members (excludes halogenated alkanes) is 18. The maximum Gasteiger partial charge on any atom is 0.399 e. The first-order chi connectivity index (χ1) is 22.9. The minimum Gasteiger partial charge on any atom is -0.393 e. The van der Waals surface area contributed by atoms with Crippen molar-refractivity contribution in [2.24, 2.45) is 5.73 Å². The van der Waals surface area contributed by atoms with Crippen LogP contribution in [0.25, 0.3) is 0 Å². The summed E-state index contributed by atoms with van der Waals surface area (Å²) in [6, 6.07) is 0. The van der Waals surface area contributed by atoms with E-state index >= 15 is 0 Å². The molecule has 0 aromatic rings. The Morgan fingerprint density at radius 1 is 0.583 bits per heavy atom. The van der Waals surface area contributed by atoms with E-state index in [4.69, 9.17) is 15.6 Å². The molecule has 10 heteroatoms. The van der Waals surface area contributed by atoms with Crippen LogP contribution in [-0.4, -0.2) is 45.4 Å². The largest absolute Gasteiger partial charge is 0.399 e. The number of rotatable bonds is 29. The van der Waals surface area contributed by atoms with Gasteiger partial charge in [-0.2, -0.15) is 8.42 Å². The first kappa shape index (κ1) is 50.8. The van der Waals surface area contributed by atoms with Crippen molar-refractivity contribution in [2.75, 3.05) is 14.2 Å². The van der Waals surface area contributed by atoms with Crippen molar-refractivity contribution in [3.05, 3.63) is 24.3 Å². The molecule has 0 spiro atoms. The quantitative estimate of drug-likeness (QED) is 0.0255. The summed E-state index contributed by atoms with van der Waals surface area (Å²) in [5.74, 6) is -0.690. The first-order valence-electron chi connectivity index (χ1n) is 18.8. The van der Waals surface area contributed by atoms with Gasteiger partial charge in [-0.15, -0.1) is 0 Å². The van der Waals surface area contributed by atoms with Crippen LogP contribution in [0.5, 0.6) is 0 Å². The van der Waals surface area contributed by atoms with E-state index in [0.717, 1.165) is 52.7 Å². The molecule has 0 saturated carbocycles. The number of esters is 2. The fourth-order valence-electron chi connectivity index (χ4n) is 4.27. The molecule has 0 aliphatic rings. The van der Waals surface area contributed by atoms with Crippen LogP contribution in [-0.2, 0) is 33.1 Å². The van der Waals surface area contributed by atoms with Gasteiger partial charge in [0, 0.05) is 12.8 Å². The highest BCUT2D eigenvalue weighted by Crippen LogP contribution is 2.12. The molecular formula is C38H75NO8S. The second kappa shape index (κ2) is 38.2. The minimum atomic E-state index is -3.66. The van der Waals surface area contributed by atoms with Gasteiger partial charge in [-0.1, -0.05) is 122 Å². The topological polar surface area (TPSA) is 142 Å². The van der Waals surface area contributed by atoms with Crippen molar-refractivity contribution in [2.45, 2.75) is 194 Å². The molecule has 0 heterocycles. The molecule has 0 aliphatic carbocycles. The van der Waals surface area contributed by atoms with Crippen LogP contribution in [0, 0.1) is 0 Å². The van der Waals surface area contributed by atoms with Crippen LogP contribution in [0.3, 0.4) is 0 Å². The van der Waals surface area contributed by atoms with Crippen molar-refractivity contribution in [1.29, 1.82) is 0 Å². The van der Waals surface area contributed by atoms with Gasteiger partial charge in [0.2, 0.25) is 0 Å². The minimum absolute atomic E-state index is 0.345. The second-order valence-electron chi connectivity index (χ2n) is 12.6. The van der Waals surface area contributed by atoms with E-state index in [1.807, 2.05) is 6.92 Å². The average Bonchev–Trinajstić information content (AvgIpc) is 3.05. The Hall–Kier alpha value is -1.59. The van der Waals surface area contributed by atoms with E-state index in [1.54, 1.807) is 6.92 Å². The Bertz CT molecular complexity index is 810. The molecule has 0 aromatic carbocycles. The summed E-state index contributed by atoms with van der Waals surface area (Å²) in [5, 5.41) is 8.60. The number of hydrogen-bond donors (Lipinski definition) is 2. The Labute approximate surface area is 296 Å². The second-order valence-corrected chi connectivity index (χ2v) is 14.0. The van der Waals surface area contributed by atoms with E-state index < -0.39 is 16.1 Å². The summed E-state index contributed by atoms with van der Waals surface area (Å²) < 4.78 is 32.5. The fraction of sp³-hybridized carbons (Fsp3) is 0.842. The van der Waals surface area contributed by atoms with Crippen molar-refractivity contribution in [3.8, 4) is 0 Å². The van der Waals surface area contributed by atoms with Crippen LogP contribution >= 0.6 is 0 Å². The Kier molecular flexibility index (Phi) is 40.4. The Morgan fingerprint density at radius 3 is 1.10 bits per heavy atom. The Balaban J connectivity index is -0.00000130. The zero-order valence-corrected chi connectivity index (χ0v) is 32.6. The van der Waals surface area contributed by atoms with E-state index in [0.29, 0.717) is 19.3 Å². The van der Waals surface area contributed by atoms with Crippen LogP contribution in [0.2, 0.25) is 0 Å². The summed E-state index contributed by atoms with van der Waals surface area (Å²) in [6.45, 7) is 7.91. The van der Waals surface area contributed by atoms with Gasteiger partial charge < -0.3 is 15.6 Å². The maximum atomic E-state index is 11.8. The van der Waals surface area contributed by atoms with Crippen LogP contribution in [0.4, 0.5) is 0 Å². The molecule has 0 rings (SSSR count). The van der Waals surface area contributed by atoms with Crippen molar-refractivity contribution in [3.63, 3.8) is 0 Å². The normalized spacial score (nSPS) is 12.7. The smallest absolute Gasteiger partial charge is 0.393 e. The molecular weight excluding hydrogens is 630 g/mol. The monoisotopic (exact) mass is 706 g/mol. The van der Waals surface area contributed by atoms with E-state index in [9.17, 15) is 18.0 Å². The fourth-order valence-corrected chi connectivity index (χ4v) is 4.41. The lowest BCUT2D eigenvalue weighted by molar-refractivity contribution is -0.159. The molecule has 0 amide bonds. The summed E-state index contributed by atoms with van der Waals surface area (Å²) in [7, 11) is -1.60. The molecule has 0 fully saturated rings. The van der Waals surface area contributed by atoms with Gasteiger partial charge in [0.15, 0.2) is 0 Å². The summed E-state index contributed by atoms with van der Waals surface area (Å²) in [4.78, 5) is 23.7. The number of ether oxygens (including phenoxy) is 1. The third kappa shape index (κ3) is 48.8. The number of allylic oxidation sites excluding steroid dienone is 4. The molecule has 48 heavy (non-hydrogen) atoms. The predicted octanol–water partition coefficient (Wildman–Crippen LogP) is 10.2. The van der Waals surface area contributed by atoms with Gasteiger partial charge in [0.05, 0.1) is 14.2 Å². The lowest BCUT2D eigenvalue weighted by Gasteiger charge is -2.11. The lowest BCUT2D eigenvalue weighted by Crippen LogP contribution is -2.34. The zero-order valence-electron chi connectivity index (χ0n) is 31.8. The molecule has 0 saturated heterocycles. The Morgan fingerprint density at radius 2 is 0.854 bits per heavy atom. The third-order valence-electron chi connectivity index (χ3n) is 7.64. The van der Waals surface area contributed by atoms with Crippen LogP contribution in [0.15, 0.2) is 24.3 Å². The van der Waals surface area contributed by atoms with Crippen LogP contribution in [0.1, 0.15) is 188 Å². The van der Waals surface area contributed by atoms with E-state index in [1.165, 1.54) is 103 Å². The summed E-state index contributed by atoms with van der Waals surface area (Å²) >= 11 is 0.